The second kappa shape index (κ2) is 8.86. The molecular formula is C24H20FN5O2. The van der Waals surface area contributed by atoms with Crippen LogP contribution in [0.4, 0.5) is 4.39 Å². The minimum atomic E-state index is -0.511. The van der Waals surface area contributed by atoms with E-state index in [1.165, 1.54) is 12.1 Å². The van der Waals surface area contributed by atoms with Crippen molar-refractivity contribution in [2.24, 2.45) is 0 Å². The van der Waals surface area contributed by atoms with Crippen LogP contribution >= 0.6 is 0 Å². The number of hydrogen-bond acceptors (Lipinski definition) is 5. The molecule has 7 nitrogen and oxygen atoms in total. The van der Waals surface area contributed by atoms with Gasteiger partial charge in [0, 0.05) is 48.1 Å². The highest BCUT2D eigenvalue weighted by Crippen LogP contribution is 2.33. The van der Waals surface area contributed by atoms with Gasteiger partial charge in [0.2, 0.25) is 0 Å². The average Bonchev–Trinajstić information content (AvgIpc) is 3.28. The number of pyridine rings is 1. The number of aromatic nitrogens is 3. The van der Waals surface area contributed by atoms with E-state index in [-0.39, 0.29) is 11.5 Å². The van der Waals surface area contributed by atoms with Crippen LogP contribution in [0.25, 0.3) is 22.0 Å². The van der Waals surface area contributed by atoms with E-state index in [9.17, 15) is 9.18 Å². The van der Waals surface area contributed by atoms with E-state index >= 15 is 0 Å². The Bertz CT molecular complexity index is 1340. The maximum absolute atomic E-state index is 14.0. The first-order valence-electron chi connectivity index (χ1n) is 9.99. The van der Waals surface area contributed by atoms with E-state index < -0.39 is 5.82 Å². The molecule has 4 aromatic rings. The maximum atomic E-state index is 14.0. The molecule has 160 valence electrons. The minimum absolute atomic E-state index is 0.203. The summed E-state index contributed by atoms with van der Waals surface area (Å²) in [5.41, 5.74) is 3.44. The zero-order chi connectivity index (χ0) is 22.7. The molecule has 8 heteroatoms. The molecule has 32 heavy (non-hydrogen) atoms. The molecule has 0 atom stereocenters. The van der Waals surface area contributed by atoms with Crippen LogP contribution < -0.4 is 4.74 Å². The fraction of sp³-hybridized carbons (Fsp3) is 0.167. The Hall–Kier alpha value is -4.25. The van der Waals surface area contributed by atoms with Crippen molar-refractivity contribution < 1.29 is 13.9 Å². The van der Waals surface area contributed by atoms with Crippen molar-refractivity contribution in [2.75, 3.05) is 13.7 Å². The van der Waals surface area contributed by atoms with Crippen LogP contribution in [0.15, 0.2) is 55.0 Å². The predicted molar refractivity (Wildman–Crippen MR) is 117 cm³/mol. The molecule has 0 fully saturated rings. The van der Waals surface area contributed by atoms with E-state index in [1.54, 1.807) is 54.8 Å². The lowest BCUT2D eigenvalue weighted by atomic mass is 10.00. The SMILES string of the molecule is CCOc1cc(C(=O)N(C)Cc2cncc3cn[nH]c23)ccc1-c1cc(F)cc(C#N)c1. The fourth-order valence-electron chi connectivity index (χ4n) is 3.57. The summed E-state index contributed by atoms with van der Waals surface area (Å²) in [6.07, 6.45) is 5.10. The molecule has 0 saturated heterocycles. The number of rotatable bonds is 6. The number of ether oxygens (including phenoxy) is 1. The van der Waals surface area contributed by atoms with Crippen LogP contribution in [0.5, 0.6) is 5.75 Å². The Morgan fingerprint density at radius 3 is 2.84 bits per heavy atom. The van der Waals surface area contributed by atoms with E-state index in [0.717, 1.165) is 16.5 Å². The molecule has 0 saturated carbocycles. The van der Waals surface area contributed by atoms with Crippen LogP contribution in [0, 0.1) is 17.1 Å². The number of amides is 1. The Labute approximate surface area is 184 Å². The second-order valence-corrected chi connectivity index (χ2v) is 7.28. The molecule has 2 aromatic heterocycles. The Balaban J connectivity index is 1.64. The number of carbonyl (C=O) groups excluding carboxylic acids is 1. The average molecular weight is 429 g/mol. The van der Waals surface area contributed by atoms with Crippen LogP contribution in [0.3, 0.4) is 0 Å². The van der Waals surface area contributed by atoms with Crippen LogP contribution in [0.1, 0.15) is 28.4 Å². The van der Waals surface area contributed by atoms with Gasteiger partial charge in [-0.3, -0.25) is 14.9 Å². The number of hydrogen-bond donors (Lipinski definition) is 1. The lowest BCUT2D eigenvalue weighted by molar-refractivity contribution is 0.0785. The Kier molecular flexibility index (Phi) is 5.81. The van der Waals surface area contributed by atoms with Gasteiger partial charge < -0.3 is 9.64 Å². The zero-order valence-electron chi connectivity index (χ0n) is 17.6. The molecule has 4 rings (SSSR count). The molecule has 1 amide bonds. The van der Waals surface area contributed by atoms with Gasteiger partial charge in [0.25, 0.3) is 5.91 Å². The molecule has 0 radical (unpaired) electrons. The molecule has 0 aliphatic rings. The monoisotopic (exact) mass is 429 g/mol. The van der Waals surface area contributed by atoms with Crippen molar-refractivity contribution in [1.82, 2.24) is 20.1 Å². The van der Waals surface area contributed by atoms with Gasteiger partial charge in [-0.2, -0.15) is 10.4 Å². The summed E-state index contributed by atoms with van der Waals surface area (Å²) in [6.45, 7) is 2.54. The van der Waals surface area contributed by atoms with Crippen LogP contribution in [0.2, 0.25) is 0 Å². The molecule has 2 heterocycles. The lowest BCUT2D eigenvalue weighted by Gasteiger charge is -2.19. The van der Waals surface area contributed by atoms with E-state index in [0.29, 0.717) is 35.6 Å². The number of nitrogens with zero attached hydrogens (tertiary/aromatic N) is 4. The topological polar surface area (TPSA) is 94.9 Å². The highest BCUT2D eigenvalue weighted by atomic mass is 19.1. The lowest BCUT2D eigenvalue weighted by Crippen LogP contribution is -2.26. The summed E-state index contributed by atoms with van der Waals surface area (Å²) in [5.74, 6) is -0.271. The van der Waals surface area contributed by atoms with Gasteiger partial charge in [-0.1, -0.05) is 0 Å². The molecule has 0 aliphatic heterocycles. The molecule has 0 bridgehead atoms. The fourth-order valence-corrected chi connectivity index (χ4v) is 3.57. The van der Waals surface area contributed by atoms with Crippen molar-refractivity contribution in [1.29, 1.82) is 5.26 Å². The molecule has 0 aliphatic carbocycles. The maximum Gasteiger partial charge on any atom is 0.254 e. The third-order valence-electron chi connectivity index (χ3n) is 5.05. The van der Waals surface area contributed by atoms with Gasteiger partial charge in [-0.25, -0.2) is 4.39 Å². The normalized spacial score (nSPS) is 10.7. The quantitative estimate of drug-likeness (QED) is 0.493. The van der Waals surface area contributed by atoms with Gasteiger partial charge in [-0.15, -0.1) is 0 Å². The van der Waals surface area contributed by atoms with Gasteiger partial charge in [-0.05, 0) is 48.9 Å². The number of aromatic amines is 1. The third kappa shape index (κ3) is 4.14. The van der Waals surface area contributed by atoms with Crippen LogP contribution in [-0.4, -0.2) is 39.6 Å². The van der Waals surface area contributed by atoms with E-state index in [1.807, 2.05) is 13.0 Å². The number of benzene rings is 2. The number of nitrogens with one attached hydrogen (secondary N) is 1. The zero-order valence-corrected chi connectivity index (χ0v) is 17.6. The van der Waals surface area contributed by atoms with Gasteiger partial charge >= 0.3 is 0 Å². The van der Waals surface area contributed by atoms with E-state index in [2.05, 4.69) is 15.2 Å². The summed E-state index contributed by atoms with van der Waals surface area (Å²) >= 11 is 0. The summed E-state index contributed by atoms with van der Waals surface area (Å²) in [6, 6.07) is 11.1. The van der Waals surface area contributed by atoms with Crippen molar-refractivity contribution >= 4 is 16.8 Å². The van der Waals surface area contributed by atoms with Crippen molar-refractivity contribution in [2.45, 2.75) is 13.5 Å². The summed E-state index contributed by atoms with van der Waals surface area (Å²) in [4.78, 5) is 18.9. The highest BCUT2D eigenvalue weighted by molar-refractivity contribution is 5.95. The smallest absolute Gasteiger partial charge is 0.254 e. The van der Waals surface area contributed by atoms with Gasteiger partial charge in [0.15, 0.2) is 0 Å². The minimum Gasteiger partial charge on any atom is -0.493 e. The highest BCUT2D eigenvalue weighted by Gasteiger charge is 2.18. The molecule has 1 N–H and O–H groups in total. The summed E-state index contributed by atoms with van der Waals surface area (Å²) < 4.78 is 19.7. The Morgan fingerprint density at radius 1 is 1.22 bits per heavy atom. The van der Waals surface area contributed by atoms with Crippen molar-refractivity contribution in [3.8, 4) is 22.9 Å². The number of nitriles is 1. The first-order valence-corrected chi connectivity index (χ1v) is 9.99. The second-order valence-electron chi connectivity index (χ2n) is 7.28. The number of carbonyl (C=O) groups is 1. The molecule has 0 unspecified atom stereocenters. The number of fused-ring (bicyclic) bond motifs is 1. The van der Waals surface area contributed by atoms with Crippen LogP contribution in [-0.2, 0) is 6.54 Å². The predicted octanol–water partition coefficient (Wildman–Crippen LogP) is 4.31. The van der Waals surface area contributed by atoms with E-state index in [4.69, 9.17) is 10.00 Å². The number of halogens is 1. The standard InChI is InChI=1S/C24H20FN5O2/c1-3-32-22-9-16(4-5-21(22)17-6-15(10-26)7-20(25)8-17)24(31)30(2)14-19-12-27-11-18-13-28-29-23(18)19/h4-9,11-13H,3,14H2,1-2H3,(H,28,29). The number of H-pyrrole nitrogens is 1. The van der Waals surface area contributed by atoms with Crippen molar-refractivity contribution in [3.63, 3.8) is 0 Å². The molecule has 2 aromatic carbocycles. The summed E-state index contributed by atoms with van der Waals surface area (Å²) in [5, 5.41) is 17.0. The first kappa shape index (κ1) is 21.0. The first-order chi connectivity index (χ1) is 15.5. The molecular weight excluding hydrogens is 409 g/mol. The Morgan fingerprint density at radius 2 is 2.06 bits per heavy atom. The third-order valence-corrected chi connectivity index (χ3v) is 5.05. The van der Waals surface area contributed by atoms with Gasteiger partial charge in [0.1, 0.15) is 11.6 Å². The van der Waals surface area contributed by atoms with Gasteiger partial charge in [0.05, 0.1) is 30.0 Å². The largest absolute Gasteiger partial charge is 0.493 e. The van der Waals surface area contributed by atoms with Crippen molar-refractivity contribution in [3.05, 3.63) is 77.5 Å². The summed E-state index contributed by atoms with van der Waals surface area (Å²) in [7, 11) is 1.71. The molecule has 0 spiro atoms.